The number of fused-ring (bicyclic) bond motifs is 4. The molecule has 0 radical (unpaired) electrons. The molecule has 6 aromatic heterocycles. The zero-order valence-corrected chi connectivity index (χ0v) is 29.9. The Hall–Kier alpha value is -5.49. The van der Waals surface area contributed by atoms with Gasteiger partial charge in [0, 0.05) is 15.1 Å². The Morgan fingerprint density at radius 2 is 1.20 bits per heavy atom. The molecule has 0 fully saturated rings. The number of hydrogen-bond acceptors (Lipinski definition) is 9. The average Bonchev–Trinajstić information content (AvgIpc) is 3.93. The van der Waals surface area contributed by atoms with E-state index in [0.717, 1.165) is 55.4 Å². The third-order valence-corrected chi connectivity index (χ3v) is 10.9. The summed E-state index contributed by atoms with van der Waals surface area (Å²) in [7, 11) is 3.36. The van der Waals surface area contributed by atoms with Gasteiger partial charge in [0.1, 0.15) is 28.0 Å². The van der Waals surface area contributed by atoms with Gasteiger partial charge in [0.2, 0.25) is 0 Å². The normalized spacial score (nSPS) is 11.3. The molecule has 0 aliphatic heterocycles. The molecule has 0 spiro atoms. The van der Waals surface area contributed by atoms with Crippen molar-refractivity contribution in [2.24, 2.45) is 0 Å². The van der Waals surface area contributed by atoms with Gasteiger partial charge in [0.05, 0.1) is 36.4 Å². The molecule has 6 heterocycles. The van der Waals surface area contributed by atoms with E-state index in [1.807, 2.05) is 53.3 Å². The SMILES string of the molecule is COc1ccc2cc(-c3cnc4ccc(Cl)nn34)sc2c1.COc1ccc2cc(-c3cnc4ccc(Nc5ccc(C)c(C)c5)nn34)sc2c1. The van der Waals surface area contributed by atoms with Crippen molar-refractivity contribution in [3.8, 4) is 32.6 Å². The smallest absolute Gasteiger partial charge is 0.154 e. The molecule has 0 aliphatic carbocycles. The largest absolute Gasteiger partial charge is 0.497 e. The summed E-state index contributed by atoms with van der Waals surface area (Å²) < 4.78 is 16.6. The minimum Gasteiger partial charge on any atom is -0.497 e. The molecule has 0 bridgehead atoms. The van der Waals surface area contributed by atoms with E-state index in [-0.39, 0.29) is 0 Å². The number of aromatic nitrogens is 6. The maximum Gasteiger partial charge on any atom is 0.154 e. The van der Waals surface area contributed by atoms with Gasteiger partial charge >= 0.3 is 0 Å². The third-order valence-electron chi connectivity index (χ3n) is 8.43. The first-order chi connectivity index (χ1) is 24.3. The molecule has 9 aromatic rings. The highest BCUT2D eigenvalue weighted by Gasteiger charge is 2.13. The summed E-state index contributed by atoms with van der Waals surface area (Å²) in [5, 5.41) is 15.3. The topological polar surface area (TPSA) is 90.9 Å². The second kappa shape index (κ2) is 13.1. The minimum absolute atomic E-state index is 0.449. The van der Waals surface area contributed by atoms with Crippen LogP contribution < -0.4 is 14.8 Å². The number of imidazole rings is 2. The highest BCUT2D eigenvalue weighted by molar-refractivity contribution is 7.22. The van der Waals surface area contributed by atoms with Crippen molar-refractivity contribution in [1.82, 2.24) is 29.2 Å². The van der Waals surface area contributed by atoms with Crippen LogP contribution in [0.2, 0.25) is 5.15 Å². The molecule has 248 valence electrons. The van der Waals surface area contributed by atoms with Crippen molar-refractivity contribution in [3.63, 3.8) is 0 Å². The summed E-state index contributed by atoms with van der Waals surface area (Å²) in [5.74, 6) is 2.50. The van der Waals surface area contributed by atoms with Gasteiger partial charge in [0.25, 0.3) is 0 Å². The summed E-state index contributed by atoms with van der Waals surface area (Å²) in [6, 6.07) is 30.3. The lowest BCUT2D eigenvalue weighted by Crippen LogP contribution is -2.00. The van der Waals surface area contributed by atoms with E-state index < -0.39 is 0 Å². The first-order valence-electron chi connectivity index (χ1n) is 15.7. The van der Waals surface area contributed by atoms with Gasteiger partial charge in [-0.05, 0) is 121 Å². The number of rotatable bonds is 6. The number of aryl methyl sites for hydroxylation is 2. The Morgan fingerprint density at radius 3 is 1.78 bits per heavy atom. The van der Waals surface area contributed by atoms with Crippen LogP contribution in [0.1, 0.15) is 11.1 Å². The molecule has 0 saturated carbocycles. The quantitative estimate of drug-likeness (QED) is 0.183. The van der Waals surface area contributed by atoms with Gasteiger partial charge in [-0.2, -0.15) is 5.10 Å². The Balaban J connectivity index is 0.000000152. The Labute approximate surface area is 300 Å². The Bertz CT molecular complexity index is 2680. The van der Waals surface area contributed by atoms with E-state index >= 15 is 0 Å². The number of nitrogens with one attached hydrogen (secondary N) is 1. The van der Waals surface area contributed by atoms with Gasteiger partial charge in [0.15, 0.2) is 17.1 Å². The number of ether oxygens (including phenoxy) is 2. The third kappa shape index (κ3) is 6.11. The van der Waals surface area contributed by atoms with Gasteiger partial charge in [-0.25, -0.2) is 19.0 Å². The van der Waals surface area contributed by atoms with E-state index in [9.17, 15) is 0 Å². The summed E-state index contributed by atoms with van der Waals surface area (Å²) >= 11 is 9.37. The molecule has 0 unspecified atom stereocenters. The maximum absolute atomic E-state index is 5.98. The second-order valence-electron chi connectivity index (χ2n) is 11.7. The van der Waals surface area contributed by atoms with Gasteiger partial charge in [-0.3, -0.25) is 0 Å². The molecule has 12 heteroatoms. The molecule has 0 amide bonds. The van der Waals surface area contributed by atoms with Crippen LogP contribution in [0.4, 0.5) is 11.5 Å². The first-order valence-corrected chi connectivity index (χ1v) is 17.7. The fourth-order valence-electron chi connectivity index (χ4n) is 5.62. The Kier molecular flexibility index (Phi) is 8.31. The molecule has 50 heavy (non-hydrogen) atoms. The van der Waals surface area contributed by atoms with Crippen LogP contribution in [0.25, 0.3) is 52.6 Å². The van der Waals surface area contributed by atoms with Gasteiger partial charge < -0.3 is 14.8 Å². The summed E-state index contributed by atoms with van der Waals surface area (Å²) in [6.07, 6.45) is 3.70. The predicted octanol–water partition coefficient (Wildman–Crippen LogP) is 10.3. The highest BCUT2D eigenvalue weighted by atomic mass is 35.5. The van der Waals surface area contributed by atoms with Crippen LogP contribution in [-0.2, 0) is 0 Å². The minimum atomic E-state index is 0.449. The number of hydrogen-bond donors (Lipinski definition) is 1. The maximum atomic E-state index is 5.98. The second-order valence-corrected chi connectivity index (χ2v) is 14.2. The van der Waals surface area contributed by atoms with Gasteiger partial charge in [-0.15, -0.1) is 27.8 Å². The van der Waals surface area contributed by atoms with Crippen molar-refractivity contribution >= 4 is 77.2 Å². The fraction of sp³-hybridized carbons (Fsp3) is 0.105. The molecule has 9 rings (SSSR count). The zero-order valence-electron chi connectivity index (χ0n) is 27.5. The fourth-order valence-corrected chi connectivity index (χ4v) is 7.93. The number of nitrogens with zero attached hydrogens (tertiary/aromatic N) is 6. The number of methoxy groups -OCH3 is 2. The highest BCUT2D eigenvalue weighted by Crippen LogP contribution is 2.37. The predicted molar refractivity (Wildman–Crippen MR) is 205 cm³/mol. The van der Waals surface area contributed by atoms with E-state index in [1.165, 1.54) is 31.3 Å². The van der Waals surface area contributed by atoms with Crippen molar-refractivity contribution in [2.45, 2.75) is 13.8 Å². The average molecular weight is 716 g/mol. The van der Waals surface area contributed by atoms with Crippen molar-refractivity contribution in [3.05, 3.63) is 120 Å². The number of thiophene rings is 2. The lowest BCUT2D eigenvalue weighted by molar-refractivity contribution is 0.415. The Morgan fingerprint density at radius 1 is 0.620 bits per heavy atom. The van der Waals surface area contributed by atoms with Crippen molar-refractivity contribution in [2.75, 3.05) is 19.5 Å². The summed E-state index contributed by atoms with van der Waals surface area (Å²) in [4.78, 5) is 11.1. The summed E-state index contributed by atoms with van der Waals surface area (Å²) in [5.41, 5.74) is 7.06. The molecule has 9 nitrogen and oxygen atoms in total. The lowest BCUT2D eigenvalue weighted by atomic mass is 10.1. The molecule has 1 N–H and O–H groups in total. The van der Waals surface area contributed by atoms with Crippen LogP contribution in [0.3, 0.4) is 0 Å². The first kappa shape index (κ1) is 31.8. The monoisotopic (exact) mass is 715 g/mol. The number of halogens is 1. The molecule has 0 aliphatic rings. The van der Waals surface area contributed by atoms with E-state index in [2.05, 4.69) is 82.8 Å². The van der Waals surface area contributed by atoms with E-state index in [0.29, 0.717) is 5.15 Å². The van der Waals surface area contributed by atoms with Crippen LogP contribution in [0, 0.1) is 13.8 Å². The van der Waals surface area contributed by atoms with E-state index in [1.54, 1.807) is 47.5 Å². The molecular weight excluding hydrogens is 686 g/mol. The standard InChI is InChI=1S/C23H20N4OS.C15H10ClN3OS/c1-14-4-6-17(10-15(14)2)25-22-8-9-23-24-13-19(27(23)26-22)21-11-16-5-7-18(28-3)12-20(16)29-21;1-20-10-3-2-9-6-13(21-12(9)7-10)11-8-17-15-5-4-14(16)18-19(11)15/h4-13H,1-3H3,(H,25,26);2-8H,1H3. The number of benzene rings is 3. The van der Waals surface area contributed by atoms with Crippen LogP contribution in [-0.4, -0.2) is 43.4 Å². The molecule has 3 aromatic carbocycles. The van der Waals surface area contributed by atoms with Crippen molar-refractivity contribution in [1.29, 1.82) is 0 Å². The molecule has 0 atom stereocenters. The van der Waals surface area contributed by atoms with Crippen LogP contribution in [0.15, 0.2) is 103 Å². The molecular formula is C38H30ClN7O2S2. The molecule has 0 saturated heterocycles. The zero-order chi connectivity index (χ0) is 34.4. The van der Waals surface area contributed by atoms with Crippen LogP contribution >= 0.6 is 34.3 Å². The summed E-state index contributed by atoms with van der Waals surface area (Å²) in [6.45, 7) is 4.23. The number of anilines is 2. The van der Waals surface area contributed by atoms with Crippen LogP contribution in [0.5, 0.6) is 11.5 Å². The lowest BCUT2D eigenvalue weighted by Gasteiger charge is -2.08. The van der Waals surface area contributed by atoms with Gasteiger partial charge in [-0.1, -0.05) is 17.7 Å². The van der Waals surface area contributed by atoms with Crippen molar-refractivity contribution < 1.29 is 9.47 Å². The van der Waals surface area contributed by atoms with E-state index in [4.69, 9.17) is 26.2 Å².